The van der Waals surface area contributed by atoms with Crippen molar-refractivity contribution in [3.05, 3.63) is 170 Å². The van der Waals surface area contributed by atoms with Crippen LogP contribution in [0.3, 0.4) is 0 Å². The van der Waals surface area contributed by atoms with E-state index in [4.69, 9.17) is 34.2 Å². The van der Waals surface area contributed by atoms with E-state index in [9.17, 15) is 28.8 Å². The minimum atomic E-state index is -1.64. The zero-order valence-corrected chi connectivity index (χ0v) is 87.4. The van der Waals surface area contributed by atoms with E-state index in [1.54, 1.807) is 43.4 Å². The maximum absolute atomic E-state index is 13.6. The van der Waals surface area contributed by atoms with Crippen LogP contribution in [0.15, 0.2) is 72.8 Å². The molecule has 0 aromatic heterocycles. The van der Waals surface area contributed by atoms with Gasteiger partial charge < -0.3 is 39.5 Å². The molecule has 0 fully saturated rings. The number of benzene rings is 6. The molecule has 6 rings (SSSR count). The second-order valence-corrected chi connectivity index (χ2v) is 53.9. The molecule has 6 aromatic rings. The van der Waals surface area contributed by atoms with Crippen molar-refractivity contribution in [3.8, 4) is 0 Å². The van der Waals surface area contributed by atoms with Crippen LogP contribution in [0, 0.1) is 64.3 Å². The fourth-order valence-electron chi connectivity index (χ4n) is 6.65. The minimum Gasteiger partial charge on any atom is -0.458 e. The molecule has 14 nitrogen and oxygen atoms in total. The molecule has 0 radical (unpaired) electrons. The number of nitrogens with one attached hydrogen (secondary N) is 1. The molecular weight excluding hydrogens is 3500 g/mol. The molecule has 0 spiro atoms. The van der Waals surface area contributed by atoms with Gasteiger partial charge in [0.15, 0.2) is 11.2 Å². The Morgan fingerprint density at radius 1 is 0.360 bits per heavy atom. The van der Waals surface area contributed by atoms with Gasteiger partial charge in [0.2, 0.25) is 0 Å². The quantitative estimate of drug-likeness (QED) is 0.0336. The molecule has 0 saturated carbocycles. The molecule has 35 heteroatoms. The van der Waals surface area contributed by atoms with Gasteiger partial charge in [-0.15, -0.1) is 0 Å². The first-order chi connectivity index (χ1) is 40.3. The summed E-state index contributed by atoms with van der Waals surface area (Å²) in [6, 6.07) is 22.1. The number of likely N-dealkylation sites (N-methyl/N-ethyl adjacent to an activating group) is 1. The van der Waals surface area contributed by atoms with Gasteiger partial charge in [-0.25, -0.2) is 28.8 Å². The van der Waals surface area contributed by atoms with Gasteiger partial charge in [-0.1, -0.05) is 0 Å². The van der Waals surface area contributed by atoms with Crippen molar-refractivity contribution in [1.82, 2.24) is 5.32 Å². The van der Waals surface area contributed by atoms with Gasteiger partial charge in [-0.3, -0.25) is 0 Å². The van der Waals surface area contributed by atoms with Gasteiger partial charge in [0.1, 0.15) is 26.4 Å². The van der Waals surface area contributed by atoms with Crippen LogP contribution in [-0.4, -0.2) is 93.6 Å². The van der Waals surface area contributed by atoms with Crippen LogP contribution in [0.1, 0.15) is 62.1 Å². The first-order valence-electron chi connectivity index (χ1n) is 22.5. The summed E-state index contributed by atoms with van der Waals surface area (Å²) >= 11 is 43.7. The summed E-state index contributed by atoms with van der Waals surface area (Å²) in [5.74, 6) is -3.63. The van der Waals surface area contributed by atoms with E-state index < -0.39 is 60.2 Å². The van der Waals surface area contributed by atoms with Gasteiger partial charge in [0, 0.05) is 77.4 Å². The Hall–Kier alpha value is 7.39. The molecule has 3 N–H and O–H groups in total. The van der Waals surface area contributed by atoms with Crippen LogP contribution < -0.4 is 24.3 Å². The van der Waals surface area contributed by atoms with Crippen molar-refractivity contribution in [2.24, 2.45) is 5.73 Å². The van der Waals surface area contributed by atoms with Gasteiger partial charge in [-0.2, -0.15) is 0 Å². The largest absolute Gasteiger partial charge is 0.458 e. The molecule has 0 amide bonds. The van der Waals surface area contributed by atoms with Crippen molar-refractivity contribution in [2.75, 3.05) is 46.6 Å². The summed E-state index contributed by atoms with van der Waals surface area (Å²) in [4.78, 5) is 80.1. The molecule has 6 aromatic carbocycles. The van der Waals surface area contributed by atoms with Crippen molar-refractivity contribution >= 4 is 480 Å². The van der Waals surface area contributed by atoms with E-state index in [0.29, 0.717) is 50.2 Å². The van der Waals surface area contributed by atoms with Crippen molar-refractivity contribution in [2.45, 2.75) is 11.2 Å². The average Bonchev–Trinajstić information content (AvgIpc) is 1.80. The smallest absolute Gasteiger partial charge is 0.340 e. The van der Waals surface area contributed by atoms with Crippen molar-refractivity contribution in [3.63, 3.8) is 0 Å². The molecule has 0 unspecified atom stereocenters. The van der Waals surface area contributed by atoms with Gasteiger partial charge in [0.25, 0.3) is 0 Å². The Bertz CT molecular complexity index is 3410. The topological polar surface area (TPSA) is 196 Å². The number of carbonyl (C=O) groups excluding carboxylic acids is 6. The molecule has 0 atom stereocenters. The normalized spacial score (nSPS) is 11.1. The third kappa shape index (κ3) is 26.3. The molecule has 0 aliphatic rings. The molecule has 0 bridgehead atoms. The number of halogens is 21. The van der Waals surface area contributed by atoms with Crippen LogP contribution in [0.25, 0.3) is 0 Å². The summed E-state index contributed by atoms with van der Waals surface area (Å²) in [5, 5.41) is 3.02. The molecule has 0 aliphatic carbocycles. The second-order valence-electron chi connectivity index (χ2n) is 16.7. The van der Waals surface area contributed by atoms with E-state index in [1.165, 1.54) is 0 Å². The van der Waals surface area contributed by atoms with Crippen LogP contribution in [0.4, 0.5) is 0 Å². The Kier molecular flexibility index (Phi) is 42.0. The number of hydrogen-bond donors (Lipinski definition) is 2. The molecule has 0 saturated heterocycles. The van der Waals surface area contributed by atoms with Gasteiger partial charge in [0.05, 0.1) is 33.4 Å². The minimum absolute atomic E-state index is 0.0544. The standard InChI is InChI=1S/C26H16I9NO6.C25H14I9NO6.I3/c1-36-8-26(42-25(39)16-4-13(29)7-19(32)22(16)35,9-40-23(37)14-2-11(27)5-17(30)20(14)33)10-41-24(38)15-3-12(28)6-18(31)21(15)34;26-10-1-13(19(32)16(29)4-10)22(36)39-8-25(7-35,41-24(38)15-3-12(28)6-18(31)21(15)34)9-40-23(37)14-2-11(27)5-17(30)20(14)33;1-3-2/h2-7,36H,8-10H2,1H3;1-6H,7-9,35H2;/q;;-1. The van der Waals surface area contributed by atoms with Crippen molar-refractivity contribution < 1.29 is 70.4 Å². The van der Waals surface area contributed by atoms with Gasteiger partial charge in [-0.05, 0) is 486 Å². The number of carbonyl (C=O) groups is 6. The van der Waals surface area contributed by atoms with E-state index in [2.05, 4.69) is 449 Å². The Labute approximate surface area is 770 Å². The fourth-order valence-corrected chi connectivity index (χ4v) is 20.9. The maximum Gasteiger partial charge on any atom is 0.340 e. The summed E-state index contributed by atoms with van der Waals surface area (Å²) in [6.07, 6.45) is 0. The summed E-state index contributed by atoms with van der Waals surface area (Å²) in [5.41, 5.74) is 5.26. The van der Waals surface area contributed by atoms with E-state index >= 15 is 0 Å². The zero-order chi connectivity index (χ0) is 64.7. The SMILES string of the molecule is CNCC(COC(=O)c1cc(I)cc(I)c1I)(COC(=O)c1cc(I)cc(I)c1I)OC(=O)c1cc(I)cc(I)c1I.I[I-]I.NCC(COC(=O)c1cc(I)cc(I)c1I)(COC(=O)c1cc(I)cc(I)c1I)OC(=O)c1cc(I)cc(I)c1I. The van der Waals surface area contributed by atoms with E-state index in [1.807, 2.05) is 36.4 Å². The maximum atomic E-state index is 13.6. The Morgan fingerprint density at radius 3 is 0.744 bits per heavy atom. The number of nitrogens with two attached hydrogens (primary N) is 1. The third-order valence-electron chi connectivity index (χ3n) is 10.6. The van der Waals surface area contributed by atoms with Gasteiger partial charge >= 0.3 is 86.3 Å². The summed E-state index contributed by atoms with van der Waals surface area (Å²) in [7, 11) is 1.68. The molecule has 0 aliphatic heterocycles. The number of ether oxygens (including phenoxy) is 6. The molecular formula is C51H30I21N2O12-. The Morgan fingerprint density at radius 2 is 0.547 bits per heavy atom. The molecule has 0 heterocycles. The third-order valence-corrected chi connectivity index (χ3v) is 32.6. The zero-order valence-electron chi connectivity index (χ0n) is 42.1. The first kappa shape index (κ1) is 85.8. The Balaban J connectivity index is 0.000000352. The monoisotopic (exact) mass is 3530 g/mol. The summed E-state index contributed by atoms with van der Waals surface area (Å²) < 4.78 is 50.1. The summed E-state index contributed by atoms with van der Waals surface area (Å²) in [6.45, 7) is -1.74. The number of hydrogen-bond acceptors (Lipinski definition) is 14. The molecule has 464 valence electrons. The first-order valence-corrected chi connectivity index (χ1v) is 54.5. The van der Waals surface area contributed by atoms with Crippen LogP contribution in [0.5, 0.6) is 0 Å². The van der Waals surface area contributed by atoms with Crippen LogP contribution >= 0.6 is 444 Å². The van der Waals surface area contributed by atoms with E-state index in [0.717, 1.165) is 60.7 Å². The molecule has 86 heavy (non-hydrogen) atoms. The van der Waals surface area contributed by atoms with Crippen LogP contribution in [0.2, 0.25) is 0 Å². The van der Waals surface area contributed by atoms with Crippen molar-refractivity contribution in [1.29, 1.82) is 0 Å². The fraction of sp³-hybridized carbons (Fsp3) is 0.176. The number of esters is 6. The second kappa shape index (κ2) is 42.1. The number of rotatable bonds is 19. The van der Waals surface area contributed by atoms with Crippen LogP contribution in [-0.2, 0) is 28.4 Å². The van der Waals surface area contributed by atoms with E-state index in [-0.39, 0.29) is 26.3 Å². The average molecular weight is 3530 g/mol. The predicted octanol–water partition coefficient (Wildman–Crippen LogP) is 16.4. The predicted molar refractivity (Wildman–Crippen MR) is 496 cm³/mol.